The van der Waals surface area contributed by atoms with Crippen molar-refractivity contribution < 1.29 is 0 Å². The molecule has 2 aromatic rings. The number of aryl methyl sites for hydroxylation is 2. The maximum absolute atomic E-state index is 4.68. The topological polar surface area (TPSA) is 12.9 Å². The van der Waals surface area contributed by atoms with Crippen molar-refractivity contribution in [3.63, 3.8) is 0 Å². The highest BCUT2D eigenvalue weighted by Crippen LogP contribution is 2.21. The van der Waals surface area contributed by atoms with E-state index in [-0.39, 0.29) is 0 Å². The molecule has 2 rings (SSSR count). The average molecular weight is 245 g/mol. The molecule has 1 aromatic carbocycles. The van der Waals surface area contributed by atoms with Gasteiger partial charge in [0, 0.05) is 11.8 Å². The lowest BCUT2D eigenvalue weighted by atomic mass is 10.1. The molecule has 0 bridgehead atoms. The fourth-order valence-corrected chi connectivity index (χ4v) is 3.01. The highest BCUT2D eigenvalue weighted by Gasteiger charge is 2.06. The zero-order valence-electron chi connectivity index (χ0n) is 10.9. The summed E-state index contributed by atoms with van der Waals surface area (Å²) in [4.78, 5) is 4.68. The van der Waals surface area contributed by atoms with Crippen LogP contribution in [0, 0.1) is 13.8 Å². The van der Waals surface area contributed by atoms with Crippen LogP contribution >= 0.6 is 11.3 Å². The molecule has 0 fully saturated rings. The summed E-state index contributed by atoms with van der Waals surface area (Å²) in [6, 6.07) is 6.72. The number of thiazole rings is 1. The second kappa shape index (κ2) is 5.01. The molecule has 17 heavy (non-hydrogen) atoms. The predicted molar refractivity (Wildman–Crippen MR) is 74.9 cm³/mol. The Kier molecular flexibility index (Phi) is 3.63. The summed E-state index contributed by atoms with van der Waals surface area (Å²) >= 11 is 1.77. The normalized spacial score (nSPS) is 11.1. The fourth-order valence-electron chi connectivity index (χ4n) is 2.02. The van der Waals surface area contributed by atoms with Crippen LogP contribution < -0.4 is 0 Å². The van der Waals surface area contributed by atoms with Crippen molar-refractivity contribution in [2.45, 2.75) is 40.0 Å². The van der Waals surface area contributed by atoms with Crippen molar-refractivity contribution >= 4 is 11.3 Å². The molecule has 1 heterocycles. The number of nitrogens with zero attached hydrogens (tertiary/aromatic N) is 1. The molecule has 0 spiro atoms. The van der Waals surface area contributed by atoms with Gasteiger partial charge in [0.1, 0.15) is 0 Å². The van der Waals surface area contributed by atoms with Crippen LogP contribution in [0.3, 0.4) is 0 Å². The lowest BCUT2D eigenvalue weighted by Gasteiger charge is -2.03. The van der Waals surface area contributed by atoms with Gasteiger partial charge in [-0.15, -0.1) is 11.3 Å². The van der Waals surface area contributed by atoms with Gasteiger partial charge in [0.2, 0.25) is 0 Å². The van der Waals surface area contributed by atoms with E-state index in [2.05, 4.69) is 56.3 Å². The molecule has 0 saturated heterocycles. The Hall–Kier alpha value is -1.15. The first-order valence-electron chi connectivity index (χ1n) is 6.06. The zero-order chi connectivity index (χ0) is 12.4. The van der Waals surface area contributed by atoms with Crippen molar-refractivity contribution in [2.75, 3.05) is 0 Å². The summed E-state index contributed by atoms with van der Waals surface area (Å²) < 4.78 is 0. The van der Waals surface area contributed by atoms with Crippen molar-refractivity contribution in [3.05, 3.63) is 51.0 Å². The summed E-state index contributed by atoms with van der Waals surface area (Å²) in [5.41, 5.74) is 5.25. The van der Waals surface area contributed by atoms with Crippen LogP contribution in [-0.2, 0) is 6.42 Å². The van der Waals surface area contributed by atoms with Crippen LogP contribution in [0.25, 0.3) is 0 Å². The number of rotatable bonds is 3. The molecule has 0 aliphatic carbocycles. The van der Waals surface area contributed by atoms with E-state index < -0.39 is 0 Å². The van der Waals surface area contributed by atoms with Gasteiger partial charge in [-0.05, 0) is 25.3 Å². The first-order valence-corrected chi connectivity index (χ1v) is 6.94. The number of aromatic nitrogens is 1. The Labute approximate surface area is 108 Å². The zero-order valence-corrected chi connectivity index (χ0v) is 11.8. The van der Waals surface area contributed by atoms with Crippen LogP contribution in [-0.4, -0.2) is 4.98 Å². The molecule has 0 aliphatic rings. The molecule has 0 amide bonds. The smallest absolute Gasteiger partial charge is 0.0972 e. The summed E-state index contributed by atoms with van der Waals surface area (Å²) in [7, 11) is 0. The molecule has 1 nitrogen and oxygen atoms in total. The van der Waals surface area contributed by atoms with Crippen LogP contribution in [0.5, 0.6) is 0 Å². The van der Waals surface area contributed by atoms with Gasteiger partial charge < -0.3 is 0 Å². The van der Waals surface area contributed by atoms with Gasteiger partial charge in [0.25, 0.3) is 0 Å². The van der Waals surface area contributed by atoms with Crippen molar-refractivity contribution in [1.82, 2.24) is 4.98 Å². The first kappa shape index (κ1) is 12.3. The van der Waals surface area contributed by atoms with E-state index in [1.807, 2.05) is 0 Å². The van der Waals surface area contributed by atoms with E-state index in [0.29, 0.717) is 5.92 Å². The third-order valence-corrected chi connectivity index (χ3v) is 3.66. The van der Waals surface area contributed by atoms with E-state index in [1.165, 1.54) is 27.4 Å². The van der Waals surface area contributed by atoms with E-state index in [4.69, 9.17) is 0 Å². The molecule has 0 aliphatic heterocycles. The molecule has 0 N–H and O–H groups in total. The minimum absolute atomic E-state index is 0.527. The number of hydrogen-bond donors (Lipinski definition) is 0. The Morgan fingerprint density at radius 1 is 1.12 bits per heavy atom. The lowest BCUT2D eigenvalue weighted by molar-refractivity contribution is 0.825. The van der Waals surface area contributed by atoms with E-state index in [1.54, 1.807) is 11.3 Å². The van der Waals surface area contributed by atoms with E-state index >= 15 is 0 Å². The van der Waals surface area contributed by atoms with E-state index in [0.717, 1.165) is 6.42 Å². The fraction of sp³-hybridized carbons (Fsp3) is 0.400. The van der Waals surface area contributed by atoms with Crippen molar-refractivity contribution in [2.24, 2.45) is 0 Å². The minimum atomic E-state index is 0.527. The molecule has 90 valence electrons. The third-order valence-electron chi connectivity index (χ3n) is 2.80. The highest BCUT2D eigenvalue weighted by molar-refractivity contribution is 7.09. The summed E-state index contributed by atoms with van der Waals surface area (Å²) in [6.45, 7) is 8.68. The molecule has 0 saturated carbocycles. The molecule has 0 unspecified atom stereocenters. The molecule has 0 radical (unpaired) electrons. The van der Waals surface area contributed by atoms with E-state index in [9.17, 15) is 0 Å². The SMILES string of the molecule is Cc1cc(C)cc(Cc2nc(C(C)C)cs2)c1. The predicted octanol–water partition coefficient (Wildman–Crippen LogP) is 4.47. The quantitative estimate of drug-likeness (QED) is 0.777. The second-order valence-corrected chi connectivity index (χ2v) is 5.94. The van der Waals surface area contributed by atoms with Gasteiger partial charge in [-0.1, -0.05) is 43.2 Å². The first-order chi connectivity index (χ1) is 8.04. The van der Waals surface area contributed by atoms with Gasteiger partial charge in [-0.25, -0.2) is 4.98 Å². The van der Waals surface area contributed by atoms with Gasteiger partial charge in [0.15, 0.2) is 0 Å². The molecular formula is C15H19NS. The maximum atomic E-state index is 4.68. The van der Waals surface area contributed by atoms with Crippen LogP contribution in [0.2, 0.25) is 0 Å². The van der Waals surface area contributed by atoms with Gasteiger partial charge in [-0.2, -0.15) is 0 Å². The van der Waals surface area contributed by atoms with Crippen LogP contribution in [0.1, 0.15) is 47.2 Å². The summed E-state index contributed by atoms with van der Waals surface area (Å²) in [5, 5.41) is 3.40. The molecular weight excluding hydrogens is 226 g/mol. The molecule has 0 atom stereocenters. The second-order valence-electron chi connectivity index (χ2n) is 4.99. The largest absolute Gasteiger partial charge is 0.246 e. The molecule has 2 heteroatoms. The standard InChI is InChI=1S/C15H19NS/c1-10(2)14-9-17-15(16-14)8-13-6-11(3)5-12(4)7-13/h5-7,9-10H,8H2,1-4H3. The Bertz CT molecular complexity index is 491. The Morgan fingerprint density at radius 2 is 1.76 bits per heavy atom. The van der Waals surface area contributed by atoms with Crippen molar-refractivity contribution in [3.8, 4) is 0 Å². The van der Waals surface area contributed by atoms with Gasteiger partial charge in [0.05, 0.1) is 10.7 Å². The molecule has 1 aromatic heterocycles. The summed E-state index contributed by atoms with van der Waals surface area (Å²) in [6.07, 6.45) is 0.958. The maximum Gasteiger partial charge on any atom is 0.0972 e. The average Bonchev–Trinajstić information content (AvgIpc) is 2.64. The van der Waals surface area contributed by atoms with Crippen molar-refractivity contribution in [1.29, 1.82) is 0 Å². The van der Waals surface area contributed by atoms with Crippen LogP contribution in [0.15, 0.2) is 23.6 Å². The highest BCUT2D eigenvalue weighted by atomic mass is 32.1. The summed E-state index contributed by atoms with van der Waals surface area (Å²) in [5.74, 6) is 0.527. The van der Waals surface area contributed by atoms with Gasteiger partial charge >= 0.3 is 0 Å². The van der Waals surface area contributed by atoms with Gasteiger partial charge in [-0.3, -0.25) is 0 Å². The number of benzene rings is 1. The monoisotopic (exact) mass is 245 g/mol. The lowest BCUT2D eigenvalue weighted by Crippen LogP contribution is -1.92. The Morgan fingerprint density at radius 3 is 2.29 bits per heavy atom. The number of hydrogen-bond acceptors (Lipinski definition) is 2. The Balaban J connectivity index is 2.19. The van der Waals surface area contributed by atoms with Crippen LogP contribution in [0.4, 0.5) is 0 Å². The minimum Gasteiger partial charge on any atom is -0.246 e. The third kappa shape index (κ3) is 3.16.